The molecule has 0 aliphatic heterocycles. The molecule has 0 aromatic heterocycles. The minimum Gasteiger partial charge on any atom is -0.495 e. The quantitative estimate of drug-likeness (QED) is 0.159. The van der Waals surface area contributed by atoms with E-state index in [4.69, 9.17) is 16.3 Å². The molecule has 49 heavy (non-hydrogen) atoms. The van der Waals surface area contributed by atoms with Gasteiger partial charge in [0, 0.05) is 24.0 Å². The molecule has 4 aromatic carbocycles. The van der Waals surface area contributed by atoms with Crippen molar-refractivity contribution in [2.24, 2.45) is 0 Å². The Kier molecular flexibility index (Phi) is 12.0. The molecule has 258 valence electrons. The van der Waals surface area contributed by atoms with Crippen LogP contribution < -0.4 is 14.4 Å². The van der Waals surface area contributed by atoms with Crippen LogP contribution in [0.25, 0.3) is 0 Å². The van der Waals surface area contributed by atoms with Crippen molar-refractivity contribution in [2.75, 3.05) is 18.0 Å². The van der Waals surface area contributed by atoms with Crippen LogP contribution in [0.5, 0.6) is 5.75 Å². The molecule has 1 atom stereocenters. The number of carbonyl (C=O) groups is 2. The number of methoxy groups -OCH3 is 1. The first-order chi connectivity index (χ1) is 23.5. The summed E-state index contributed by atoms with van der Waals surface area (Å²) in [5.41, 5.74) is 3.76. The summed E-state index contributed by atoms with van der Waals surface area (Å²) in [6.07, 6.45) is 5.22. The second kappa shape index (κ2) is 16.4. The van der Waals surface area contributed by atoms with Crippen molar-refractivity contribution in [1.82, 2.24) is 10.2 Å². The number of amides is 2. The second-order valence-corrected chi connectivity index (χ2v) is 15.0. The van der Waals surface area contributed by atoms with Crippen LogP contribution in [0.2, 0.25) is 5.02 Å². The highest BCUT2D eigenvalue weighted by atomic mass is 35.5. The van der Waals surface area contributed by atoms with Crippen molar-refractivity contribution in [3.63, 3.8) is 0 Å². The predicted octanol–water partition coefficient (Wildman–Crippen LogP) is 7.25. The highest BCUT2D eigenvalue weighted by molar-refractivity contribution is 7.92. The maximum atomic E-state index is 14.8. The fourth-order valence-corrected chi connectivity index (χ4v) is 7.78. The Bertz CT molecular complexity index is 1830. The Morgan fingerprint density at radius 2 is 1.49 bits per heavy atom. The molecule has 1 aliphatic carbocycles. The zero-order valence-electron chi connectivity index (χ0n) is 28.3. The third-order valence-corrected chi connectivity index (χ3v) is 11.0. The topological polar surface area (TPSA) is 96.0 Å². The van der Waals surface area contributed by atoms with E-state index in [2.05, 4.69) is 5.32 Å². The summed E-state index contributed by atoms with van der Waals surface area (Å²) >= 11 is 6.40. The van der Waals surface area contributed by atoms with E-state index >= 15 is 0 Å². The Labute approximate surface area is 295 Å². The Hall–Kier alpha value is -4.34. The summed E-state index contributed by atoms with van der Waals surface area (Å²) < 4.78 is 35.4. The van der Waals surface area contributed by atoms with Crippen LogP contribution in [-0.2, 0) is 32.6 Å². The maximum Gasteiger partial charge on any atom is 0.264 e. The summed E-state index contributed by atoms with van der Waals surface area (Å²) in [7, 11) is -2.88. The van der Waals surface area contributed by atoms with Gasteiger partial charge in [-0.15, -0.1) is 0 Å². The number of hydrogen-bond donors (Lipinski definition) is 1. The van der Waals surface area contributed by atoms with E-state index < -0.39 is 28.5 Å². The van der Waals surface area contributed by atoms with Gasteiger partial charge in [-0.2, -0.15) is 0 Å². The average Bonchev–Trinajstić information content (AvgIpc) is 3.10. The van der Waals surface area contributed by atoms with Gasteiger partial charge in [-0.05, 0) is 68.1 Å². The monoisotopic (exact) mass is 701 g/mol. The van der Waals surface area contributed by atoms with Crippen LogP contribution in [0.15, 0.2) is 102 Å². The molecule has 2 amide bonds. The SMILES string of the molecule is COc1ccc(Cl)cc1N(CC(=O)N(Cc1ccc(C)cc1)[C@H](Cc1ccccc1)C(=O)NC1CCCCC1)S(=O)(=O)c1ccc(C)cc1. The smallest absolute Gasteiger partial charge is 0.264 e. The lowest BCUT2D eigenvalue weighted by atomic mass is 9.94. The van der Waals surface area contributed by atoms with Crippen LogP contribution in [0.4, 0.5) is 5.69 Å². The first-order valence-corrected chi connectivity index (χ1v) is 18.5. The zero-order valence-corrected chi connectivity index (χ0v) is 29.8. The molecule has 0 heterocycles. The summed E-state index contributed by atoms with van der Waals surface area (Å²) in [5, 5.41) is 3.52. The van der Waals surface area contributed by atoms with Gasteiger partial charge < -0.3 is 15.0 Å². The van der Waals surface area contributed by atoms with E-state index in [9.17, 15) is 18.0 Å². The maximum absolute atomic E-state index is 14.8. The van der Waals surface area contributed by atoms with Crippen LogP contribution in [0, 0.1) is 13.8 Å². The van der Waals surface area contributed by atoms with Gasteiger partial charge in [0.05, 0.1) is 17.7 Å². The zero-order chi connectivity index (χ0) is 35.0. The van der Waals surface area contributed by atoms with Crippen molar-refractivity contribution < 1.29 is 22.7 Å². The lowest BCUT2D eigenvalue weighted by molar-refractivity contribution is -0.140. The van der Waals surface area contributed by atoms with Gasteiger partial charge in [-0.1, -0.05) is 109 Å². The minimum atomic E-state index is -4.31. The van der Waals surface area contributed by atoms with E-state index in [1.54, 1.807) is 24.3 Å². The molecule has 1 N–H and O–H groups in total. The van der Waals surface area contributed by atoms with Gasteiger partial charge in [0.15, 0.2) is 0 Å². The normalized spacial score (nSPS) is 14.1. The Morgan fingerprint density at radius 1 is 0.857 bits per heavy atom. The largest absolute Gasteiger partial charge is 0.495 e. The number of hydrogen-bond acceptors (Lipinski definition) is 5. The van der Waals surface area contributed by atoms with E-state index in [1.807, 2.05) is 68.4 Å². The molecule has 1 saturated carbocycles. The fraction of sp³-hybridized carbons (Fsp3) is 0.333. The number of halogens is 1. The molecule has 0 unspecified atom stereocenters. The molecule has 1 aliphatic rings. The van der Waals surface area contributed by atoms with Crippen LogP contribution in [0.1, 0.15) is 54.4 Å². The first-order valence-electron chi connectivity index (χ1n) is 16.7. The highest BCUT2D eigenvalue weighted by Gasteiger charge is 2.36. The Balaban J connectivity index is 1.60. The highest BCUT2D eigenvalue weighted by Crippen LogP contribution is 2.35. The van der Waals surface area contributed by atoms with Crippen molar-refractivity contribution in [3.05, 3.63) is 124 Å². The number of rotatable bonds is 13. The first kappa shape index (κ1) is 36.0. The number of anilines is 1. The fourth-order valence-electron chi connectivity index (χ4n) is 6.20. The molecule has 0 saturated heterocycles. The van der Waals surface area contributed by atoms with Gasteiger partial charge in [-0.25, -0.2) is 8.42 Å². The number of carbonyl (C=O) groups excluding carboxylic acids is 2. The van der Waals surface area contributed by atoms with Gasteiger partial charge in [0.2, 0.25) is 11.8 Å². The van der Waals surface area contributed by atoms with E-state index in [0.29, 0.717) is 0 Å². The van der Waals surface area contributed by atoms with Crippen LogP contribution in [0.3, 0.4) is 0 Å². The third-order valence-electron chi connectivity index (χ3n) is 8.99. The summed E-state index contributed by atoms with van der Waals surface area (Å²) in [6, 6.07) is 27.5. The van der Waals surface area contributed by atoms with Crippen LogP contribution >= 0.6 is 11.6 Å². The molecule has 0 radical (unpaired) electrons. The van der Waals surface area contributed by atoms with E-state index in [-0.39, 0.29) is 46.3 Å². The van der Waals surface area contributed by atoms with Gasteiger partial charge in [0.1, 0.15) is 18.3 Å². The molecular weight excluding hydrogens is 658 g/mol. The molecule has 0 spiro atoms. The summed E-state index contributed by atoms with van der Waals surface area (Å²) in [4.78, 5) is 30.6. The molecule has 8 nitrogen and oxygen atoms in total. The number of nitrogens with zero attached hydrogens (tertiary/aromatic N) is 2. The number of nitrogens with one attached hydrogen (secondary N) is 1. The van der Waals surface area contributed by atoms with E-state index in [1.165, 1.54) is 30.2 Å². The van der Waals surface area contributed by atoms with Crippen molar-refractivity contribution in [1.29, 1.82) is 0 Å². The number of sulfonamides is 1. The number of benzene rings is 4. The molecule has 10 heteroatoms. The summed E-state index contributed by atoms with van der Waals surface area (Å²) in [5.74, 6) is -0.573. The lowest BCUT2D eigenvalue weighted by Gasteiger charge is -2.35. The predicted molar refractivity (Wildman–Crippen MR) is 194 cm³/mol. The van der Waals surface area contributed by atoms with Gasteiger partial charge in [-0.3, -0.25) is 13.9 Å². The van der Waals surface area contributed by atoms with Gasteiger partial charge >= 0.3 is 0 Å². The molecule has 4 aromatic rings. The molecule has 5 rings (SSSR count). The molecular formula is C39H44ClN3O5S. The second-order valence-electron chi connectivity index (χ2n) is 12.7. The van der Waals surface area contributed by atoms with Crippen molar-refractivity contribution in [3.8, 4) is 5.75 Å². The lowest BCUT2D eigenvalue weighted by Crippen LogP contribution is -2.55. The van der Waals surface area contributed by atoms with Gasteiger partial charge in [0.25, 0.3) is 10.0 Å². The van der Waals surface area contributed by atoms with Crippen LogP contribution in [-0.4, -0.2) is 50.9 Å². The Morgan fingerprint density at radius 3 is 2.12 bits per heavy atom. The average molecular weight is 702 g/mol. The third kappa shape index (κ3) is 9.22. The number of aryl methyl sites for hydroxylation is 2. The van der Waals surface area contributed by atoms with Crippen molar-refractivity contribution >= 4 is 39.1 Å². The molecule has 0 bridgehead atoms. The minimum absolute atomic E-state index is 0.00823. The number of ether oxygens (including phenoxy) is 1. The standard InChI is InChI=1S/C39H44ClN3O5S/c1-28-14-18-31(19-15-28)26-42(36(24-30-10-6-4-7-11-30)39(45)41-33-12-8-5-9-13-33)38(44)27-43(35-25-32(40)20-23-37(35)48-3)49(46,47)34-21-16-29(2)17-22-34/h4,6-7,10-11,14-23,25,33,36H,5,8-9,12-13,24,26-27H2,1-3H3,(H,41,45)/t36-/m1/s1. The molecule has 1 fully saturated rings. The van der Waals surface area contributed by atoms with Crippen molar-refractivity contribution in [2.45, 2.75) is 75.9 Å². The van der Waals surface area contributed by atoms with E-state index in [0.717, 1.165) is 58.7 Å². The summed E-state index contributed by atoms with van der Waals surface area (Å²) in [6.45, 7) is 3.35.